The van der Waals surface area contributed by atoms with Gasteiger partial charge in [-0.2, -0.15) is 0 Å². The smallest absolute Gasteiger partial charge is 0.313 e. The molecular weight excluding hydrogens is 262 g/mol. The molecule has 6 heteroatoms. The number of hydrogen-bond donors (Lipinski definition) is 1. The summed E-state index contributed by atoms with van der Waals surface area (Å²) in [5.41, 5.74) is 0.928. The van der Waals surface area contributed by atoms with Crippen molar-refractivity contribution in [2.24, 2.45) is 5.92 Å². The van der Waals surface area contributed by atoms with Gasteiger partial charge in [0.15, 0.2) is 5.16 Å². The lowest BCUT2D eigenvalue weighted by Gasteiger charge is -2.27. The molecular formula is C13H23N3O2S. The van der Waals surface area contributed by atoms with Crippen LogP contribution in [0.15, 0.2) is 11.4 Å². The molecule has 0 fully saturated rings. The van der Waals surface area contributed by atoms with Crippen molar-refractivity contribution in [3.8, 4) is 0 Å². The maximum atomic E-state index is 10.7. The third-order valence-electron chi connectivity index (χ3n) is 2.82. The monoisotopic (exact) mass is 285 g/mol. The summed E-state index contributed by atoms with van der Waals surface area (Å²) < 4.78 is 2.12. The number of aryl methyl sites for hydroxylation is 1. The predicted octanol–water partition coefficient (Wildman–Crippen LogP) is 2.13. The van der Waals surface area contributed by atoms with Gasteiger partial charge in [-0.3, -0.25) is 4.79 Å². The molecule has 108 valence electrons. The summed E-state index contributed by atoms with van der Waals surface area (Å²) in [5, 5.41) is 9.59. The molecule has 1 atom stereocenters. The molecule has 1 aromatic rings. The zero-order valence-corrected chi connectivity index (χ0v) is 13.1. The fourth-order valence-corrected chi connectivity index (χ4v) is 2.76. The average Bonchev–Trinajstić information content (AvgIpc) is 2.63. The highest BCUT2D eigenvalue weighted by molar-refractivity contribution is 7.99. The van der Waals surface area contributed by atoms with Crippen LogP contribution in [-0.2, 0) is 4.79 Å². The minimum absolute atomic E-state index is 0.0449. The Morgan fingerprint density at radius 1 is 1.53 bits per heavy atom. The Kier molecular flexibility index (Phi) is 5.87. The lowest BCUT2D eigenvalue weighted by Crippen LogP contribution is -2.28. The molecule has 0 aromatic carbocycles. The van der Waals surface area contributed by atoms with E-state index in [1.807, 2.05) is 27.2 Å². The van der Waals surface area contributed by atoms with Crippen LogP contribution in [0.1, 0.15) is 25.6 Å². The van der Waals surface area contributed by atoms with Crippen LogP contribution in [0.5, 0.6) is 0 Å². The first-order valence-corrected chi connectivity index (χ1v) is 7.34. The topological polar surface area (TPSA) is 58.4 Å². The number of carboxylic acids is 1. The summed E-state index contributed by atoms with van der Waals surface area (Å²) in [6, 6.07) is 0.299. The normalized spacial score (nSPS) is 13.2. The van der Waals surface area contributed by atoms with Gasteiger partial charge in [-0.25, -0.2) is 4.98 Å². The summed E-state index contributed by atoms with van der Waals surface area (Å²) >= 11 is 1.28. The third kappa shape index (κ3) is 4.87. The fraction of sp³-hybridized carbons (Fsp3) is 0.692. The Balaban J connectivity index is 2.97. The van der Waals surface area contributed by atoms with Crippen molar-refractivity contribution in [2.75, 3.05) is 26.4 Å². The van der Waals surface area contributed by atoms with E-state index in [1.54, 1.807) is 0 Å². The standard InChI is InChI=1S/C13H23N3O2S/c1-9(2)11(7-15(4)5)16-6-10(3)14-13(16)19-8-12(17)18/h6,9,11H,7-8H2,1-5H3,(H,17,18). The van der Waals surface area contributed by atoms with Gasteiger partial charge in [-0.1, -0.05) is 25.6 Å². The van der Waals surface area contributed by atoms with Gasteiger partial charge in [-0.15, -0.1) is 0 Å². The molecule has 0 aliphatic carbocycles. The van der Waals surface area contributed by atoms with Crippen molar-refractivity contribution < 1.29 is 9.90 Å². The minimum Gasteiger partial charge on any atom is -0.481 e. The Morgan fingerprint density at radius 2 is 2.16 bits per heavy atom. The molecule has 1 N–H and O–H groups in total. The molecule has 1 rings (SSSR count). The van der Waals surface area contributed by atoms with Gasteiger partial charge in [0, 0.05) is 12.7 Å². The highest BCUT2D eigenvalue weighted by Gasteiger charge is 2.20. The molecule has 5 nitrogen and oxygen atoms in total. The van der Waals surface area contributed by atoms with Crippen molar-refractivity contribution in [3.05, 3.63) is 11.9 Å². The van der Waals surface area contributed by atoms with Crippen molar-refractivity contribution in [2.45, 2.75) is 32.0 Å². The van der Waals surface area contributed by atoms with E-state index >= 15 is 0 Å². The van der Waals surface area contributed by atoms with E-state index in [1.165, 1.54) is 11.8 Å². The highest BCUT2D eigenvalue weighted by atomic mass is 32.2. The maximum Gasteiger partial charge on any atom is 0.313 e. The van der Waals surface area contributed by atoms with Crippen LogP contribution in [0.2, 0.25) is 0 Å². The van der Waals surface area contributed by atoms with E-state index in [2.05, 4.69) is 28.3 Å². The van der Waals surface area contributed by atoms with Gasteiger partial charge in [0.25, 0.3) is 0 Å². The van der Waals surface area contributed by atoms with Crippen LogP contribution < -0.4 is 0 Å². The van der Waals surface area contributed by atoms with Gasteiger partial charge in [0.1, 0.15) is 0 Å². The Hall–Kier alpha value is -1.01. The van der Waals surface area contributed by atoms with Gasteiger partial charge >= 0.3 is 5.97 Å². The Labute approximate surface area is 119 Å². The first kappa shape index (κ1) is 16.0. The van der Waals surface area contributed by atoms with Gasteiger partial charge in [0.05, 0.1) is 17.5 Å². The third-order valence-corrected chi connectivity index (χ3v) is 3.77. The lowest BCUT2D eigenvalue weighted by molar-refractivity contribution is -0.133. The van der Waals surface area contributed by atoms with Crippen LogP contribution in [0, 0.1) is 12.8 Å². The van der Waals surface area contributed by atoms with Gasteiger partial charge in [-0.05, 0) is 26.9 Å². The fourth-order valence-electron chi connectivity index (χ4n) is 1.96. The molecule has 0 bridgehead atoms. The number of aromatic nitrogens is 2. The van der Waals surface area contributed by atoms with Crippen LogP contribution in [0.25, 0.3) is 0 Å². The number of carbonyl (C=O) groups is 1. The number of carboxylic acid groups (broad SMARTS) is 1. The van der Waals surface area contributed by atoms with Crippen molar-refractivity contribution in [1.82, 2.24) is 14.5 Å². The number of hydrogen-bond acceptors (Lipinski definition) is 4. The maximum absolute atomic E-state index is 10.7. The van der Waals surface area contributed by atoms with Crippen molar-refractivity contribution >= 4 is 17.7 Å². The lowest BCUT2D eigenvalue weighted by atomic mass is 10.0. The zero-order chi connectivity index (χ0) is 14.6. The molecule has 1 aromatic heterocycles. The molecule has 19 heavy (non-hydrogen) atoms. The molecule has 0 aliphatic heterocycles. The van der Waals surface area contributed by atoms with Crippen LogP contribution in [0.3, 0.4) is 0 Å². The van der Waals surface area contributed by atoms with E-state index in [4.69, 9.17) is 5.11 Å². The first-order valence-electron chi connectivity index (χ1n) is 6.36. The van der Waals surface area contributed by atoms with E-state index in [0.29, 0.717) is 12.0 Å². The predicted molar refractivity (Wildman–Crippen MR) is 77.8 cm³/mol. The molecule has 0 aliphatic rings. The summed E-state index contributed by atoms with van der Waals surface area (Å²) in [7, 11) is 4.09. The minimum atomic E-state index is -0.814. The SMILES string of the molecule is Cc1cn(C(CN(C)C)C(C)C)c(SCC(=O)O)n1. The number of imidazole rings is 1. The second-order valence-corrected chi connectivity index (χ2v) is 6.27. The van der Waals surface area contributed by atoms with E-state index < -0.39 is 5.97 Å². The molecule has 1 unspecified atom stereocenters. The molecule has 0 radical (unpaired) electrons. The second-order valence-electron chi connectivity index (χ2n) is 5.33. The molecule has 0 spiro atoms. The Morgan fingerprint density at radius 3 is 2.63 bits per heavy atom. The number of rotatable bonds is 7. The molecule has 0 saturated heterocycles. The quantitative estimate of drug-likeness (QED) is 0.778. The van der Waals surface area contributed by atoms with E-state index in [-0.39, 0.29) is 5.75 Å². The van der Waals surface area contributed by atoms with Crippen LogP contribution >= 0.6 is 11.8 Å². The molecule has 0 saturated carbocycles. The van der Waals surface area contributed by atoms with E-state index in [0.717, 1.165) is 17.4 Å². The van der Waals surface area contributed by atoms with Crippen molar-refractivity contribution in [3.63, 3.8) is 0 Å². The highest BCUT2D eigenvalue weighted by Crippen LogP contribution is 2.26. The number of nitrogens with zero attached hydrogens (tertiary/aromatic N) is 3. The summed E-state index contributed by atoms with van der Waals surface area (Å²) in [6.45, 7) is 7.20. The number of likely N-dealkylation sites (N-methyl/N-ethyl adjacent to an activating group) is 1. The van der Waals surface area contributed by atoms with Gasteiger partial charge < -0.3 is 14.6 Å². The number of aliphatic carboxylic acids is 1. The second kappa shape index (κ2) is 6.96. The van der Waals surface area contributed by atoms with Crippen LogP contribution in [-0.4, -0.2) is 51.9 Å². The zero-order valence-electron chi connectivity index (χ0n) is 12.3. The van der Waals surface area contributed by atoms with Gasteiger partial charge in [0.2, 0.25) is 0 Å². The van der Waals surface area contributed by atoms with E-state index in [9.17, 15) is 4.79 Å². The molecule has 1 heterocycles. The van der Waals surface area contributed by atoms with Crippen LogP contribution in [0.4, 0.5) is 0 Å². The largest absolute Gasteiger partial charge is 0.481 e. The summed E-state index contributed by atoms with van der Waals surface area (Å²) in [4.78, 5) is 17.3. The average molecular weight is 285 g/mol. The Bertz CT molecular complexity index is 430. The summed E-state index contributed by atoms with van der Waals surface area (Å²) in [5.74, 6) is -0.311. The number of thioether (sulfide) groups is 1. The molecule has 0 amide bonds. The first-order chi connectivity index (χ1) is 8.81. The van der Waals surface area contributed by atoms with Crippen molar-refractivity contribution in [1.29, 1.82) is 0 Å². The summed E-state index contributed by atoms with van der Waals surface area (Å²) in [6.07, 6.45) is 2.01.